The predicted octanol–water partition coefficient (Wildman–Crippen LogP) is 6.07. The van der Waals surface area contributed by atoms with Crippen molar-refractivity contribution in [1.29, 1.82) is 0 Å². The van der Waals surface area contributed by atoms with Gasteiger partial charge in [-0.25, -0.2) is 17.2 Å². The molecule has 4 rings (SSSR count). The van der Waals surface area contributed by atoms with Crippen LogP contribution >= 0.6 is 11.6 Å². The lowest BCUT2D eigenvalue weighted by molar-refractivity contribution is 0.515. The van der Waals surface area contributed by atoms with E-state index in [9.17, 15) is 17.2 Å². The minimum absolute atomic E-state index is 0.160. The summed E-state index contributed by atoms with van der Waals surface area (Å²) in [6.45, 7) is 1.82. The number of aryl methyl sites for hydroxylation is 3. The van der Waals surface area contributed by atoms with Crippen LogP contribution in [0.15, 0.2) is 65.6 Å². The van der Waals surface area contributed by atoms with Crippen LogP contribution in [0.4, 0.5) is 14.5 Å². The first kappa shape index (κ1) is 21.8. The highest BCUT2D eigenvalue weighted by atomic mass is 35.5. The van der Waals surface area contributed by atoms with Crippen LogP contribution in [0.3, 0.4) is 0 Å². The first-order valence-corrected chi connectivity index (χ1v) is 11.9. The standard InChI is InChI=1S/C24H22ClF2NO2S/c1-16-3-2-4-22(13-16)31(29,30)28-21(11-7-17-5-9-19(25)14-23(17)27)12-8-18-6-10-20(26)15-24(18)28/h2-6,9-10,13-15,21H,7-8,11-12H2,1H3. The maximum Gasteiger partial charge on any atom is 0.264 e. The van der Waals surface area contributed by atoms with E-state index in [1.807, 2.05) is 13.0 Å². The van der Waals surface area contributed by atoms with E-state index < -0.39 is 27.7 Å². The Morgan fingerprint density at radius 3 is 2.61 bits per heavy atom. The van der Waals surface area contributed by atoms with Gasteiger partial charge in [-0.15, -0.1) is 0 Å². The fourth-order valence-corrected chi connectivity index (χ4v) is 6.12. The molecule has 0 N–H and O–H groups in total. The van der Waals surface area contributed by atoms with E-state index >= 15 is 0 Å². The summed E-state index contributed by atoms with van der Waals surface area (Å²) in [5, 5.41) is 0.312. The number of anilines is 1. The third-order valence-corrected chi connectivity index (χ3v) is 7.77. The summed E-state index contributed by atoms with van der Waals surface area (Å²) in [7, 11) is -3.93. The predicted molar refractivity (Wildman–Crippen MR) is 119 cm³/mol. The van der Waals surface area contributed by atoms with Crippen LogP contribution in [0.5, 0.6) is 0 Å². The summed E-state index contributed by atoms with van der Waals surface area (Å²) in [4.78, 5) is 0.160. The molecule has 7 heteroatoms. The monoisotopic (exact) mass is 461 g/mol. The van der Waals surface area contributed by atoms with Crippen molar-refractivity contribution >= 4 is 27.3 Å². The lowest BCUT2D eigenvalue weighted by Gasteiger charge is -2.38. The molecule has 3 aromatic rings. The van der Waals surface area contributed by atoms with Gasteiger partial charge in [0.1, 0.15) is 11.6 Å². The summed E-state index contributed by atoms with van der Waals surface area (Å²) >= 11 is 5.84. The van der Waals surface area contributed by atoms with Gasteiger partial charge in [-0.3, -0.25) is 4.31 Å². The number of fused-ring (bicyclic) bond motifs is 1. The van der Waals surface area contributed by atoms with Crippen molar-refractivity contribution in [1.82, 2.24) is 0 Å². The van der Waals surface area contributed by atoms with Gasteiger partial charge < -0.3 is 0 Å². The van der Waals surface area contributed by atoms with Crippen molar-refractivity contribution in [3.8, 4) is 0 Å². The Balaban J connectivity index is 1.73. The van der Waals surface area contributed by atoms with Crippen molar-refractivity contribution < 1.29 is 17.2 Å². The lowest BCUT2D eigenvalue weighted by Crippen LogP contribution is -2.44. The zero-order valence-electron chi connectivity index (χ0n) is 17.0. The number of halogens is 3. The van der Waals surface area contributed by atoms with Crippen molar-refractivity contribution in [2.75, 3.05) is 4.31 Å². The molecule has 0 saturated heterocycles. The quantitative estimate of drug-likeness (QED) is 0.462. The third kappa shape index (κ3) is 4.46. The molecule has 1 aliphatic rings. The number of sulfonamides is 1. The number of benzene rings is 3. The summed E-state index contributed by atoms with van der Waals surface area (Å²) in [6, 6.07) is 15.0. The maximum atomic E-state index is 14.3. The molecule has 0 bridgehead atoms. The molecule has 0 spiro atoms. The van der Waals surface area contributed by atoms with Crippen molar-refractivity contribution in [3.05, 3.63) is 94.0 Å². The maximum absolute atomic E-state index is 14.3. The van der Waals surface area contributed by atoms with E-state index in [0.29, 0.717) is 42.0 Å². The summed E-state index contributed by atoms with van der Waals surface area (Å²) in [5.41, 5.74) is 2.43. The number of hydrogen-bond acceptors (Lipinski definition) is 2. The smallest absolute Gasteiger partial charge is 0.263 e. The van der Waals surface area contributed by atoms with Gasteiger partial charge in [-0.1, -0.05) is 35.9 Å². The van der Waals surface area contributed by atoms with Gasteiger partial charge >= 0.3 is 0 Å². The topological polar surface area (TPSA) is 37.4 Å². The molecular weight excluding hydrogens is 440 g/mol. The van der Waals surface area contributed by atoms with Crippen molar-refractivity contribution in [2.24, 2.45) is 0 Å². The molecule has 31 heavy (non-hydrogen) atoms. The second kappa shape index (κ2) is 8.60. The first-order valence-electron chi connectivity index (χ1n) is 10.1. The van der Waals surface area contributed by atoms with Crippen LogP contribution < -0.4 is 4.31 Å². The Kier molecular flexibility index (Phi) is 6.04. The minimum Gasteiger partial charge on any atom is -0.263 e. The molecule has 3 aromatic carbocycles. The van der Waals surface area contributed by atoms with Crippen molar-refractivity contribution in [3.63, 3.8) is 0 Å². The van der Waals surface area contributed by atoms with Gasteiger partial charge in [0.15, 0.2) is 0 Å². The van der Waals surface area contributed by atoms with E-state index in [0.717, 1.165) is 11.1 Å². The van der Waals surface area contributed by atoms with Gasteiger partial charge in [-0.05, 0) is 85.7 Å². The summed E-state index contributed by atoms with van der Waals surface area (Å²) in [6.07, 6.45) is 1.94. The highest BCUT2D eigenvalue weighted by Crippen LogP contribution is 2.37. The summed E-state index contributed by atoms with van der Waals surface area (Å²) in [5.74, 6) is -0.907. The summed E-state index contributed by atoms with van der Waals surface area (Å²) < 4.78 is 57.0. The largest absolute Gasteiger partial charge is 0.264 e. The first-order chi connectivity index (χ1) is 14.8. The van der Waals surface area contributed by atoms with Crippen LogP contribution in [-0.4, -0.2) is 14.5 Å². The average Bonchev–Trinajstić information content (AvgIpc) is 2.72. The third-order valence-electron chi connectivity index (χ3n) is 5.67. The van der Waals surface area contributed by atoms with Gasteiger partial charge in [0, 0.05) is 11.1 Å². The zero-order chi connectivity index (χ0) is 22.2. The molecule has 3 nitrogen and oxygen atoms in total. The van der Waals surface area contributed by atoms with E-state index in [1.54, 1.807) is 36.4 Å². The average molecular weight is 462 g/mol. The van der Waals surface area contributed by atoms with Gasteiger partial charge in [-0.2, -0.15) is 0 Å². The highest BCUT2D eigenvalue weighted by molar-refractivity contribution is 7.92. The Morgan fingerprint density at radius 1 is 1.06 bits per heavy atom. The zero-order valence-corrected chi connectivity index (χ0v) is 18.6. The molecule has 0 amide bonds. The van der Waals surface area contributed by atoms with Crippen LogP contribution in [-0.2, 0) is 22.9 Å². The molecule has 1 heterocycles. The van der Waals surface area contributed by atoms with Crippen LogP contribution in [0.1, 0.15) is 29.5 Å². The van der Waals surface area contributed by atoms with Gasteiger partial charge in [0.25, 0.3) is 10.0 Å². The second-order valence-corrected chi connectivity index (χ2v) is 10.1. The Labute approximate surface area is 186 Å². The van der Waals surface area contributed by atoms with Crippen LogP contribution in [0.25, 0.3) is 0 Å². The van der Waals surface area contributed by atoms with E-state index in [-0.39, 0.29) is 4.90 Å². The highest BCUT2D eigenvalue weighted by Gasteiger charge is 2.36. The molecule has 1 atom stereocenters. The SMILES string of the molecule is Cc1cccc(S(=O)(=O)N2c3cc(F)ccc3CCC2CCc2ccc(Cl)cc2F)c1. The minimum atomic E-state index is -3.93. The number of rotatable bonds is 5. The van der Waals surface area contributed by atoms with Crippen LogP contribution in [0.2, 0.25) is 5.02 Å². The van der Waals surface area contributed by atoms with E-state index in [4.69, 9.17) is 11.6 Å². The fraction of sp³-hybridized carbons (Fsp3) is 0.250. The molecular formula is C24H22ClF2NO2S. The molecule has 0 radical (unpaired) electrons. The second-order valence-electron chi connectivity index (χ2n) is 7.86. The molecule has 162 valence electrons. The van der Waals surface area contributed by atoms with Gasteiger partial charge in [0.05, 0.1) is 10.6 Å². The Hall–Kier alpha value is -2.44. The Bertz CT molecular complexity index is 1230. The van der Waals surface area contributed by atoms with Gasteiger partial charge in [0.2, 0.25) is 0 Å². The fourth-order valence-electron chi connectivity index (χ4n) is 4.11. The molecule has 0 aliphatic carbocycles. The molecule has 1 aliphatic heterocycles. The molecule has 0 aromatic heterocycles. The van der Waals surface area contributed by atoms with Crippen molar-refractivity contribution in [2.45, 2.75) is 43.5 Å². The molecule has 0 fully saturated rings. The normalized spacial score (nSPS) is 16.3. The number of nitrogens with zero attached hydrogens (tertiary/aromatic N) is 1. The molecule has 0 saturated carbocycles. The number of hydrogen-bond donors (Lipinski definition) is 0. The molecule has 1 unspecified atom stereocenters. The van der Waals surface area contributed by atoms with E-state index in [2.05, 4.69) is 0 Å². The van der Waals surface area contributed by atoms with Crippen LogP contribution in [0, 0.1) is 18.6 Å². The Morgan fingerprint density at radius 2 is 1.87 bits per heavy atom. The van der Waals surface area contributed by atoms with E-state index in [1.165, 1.54) is 22.5 Å². The lowest BCUT2D eigenvalue weighted by atomic mass is 9.94.